The Labute approximate surface area is 105 Å². The standard InChI is InChI=1S/C13H18N2OS/c1-10-4-5-12(9-14)13(8-10)15-11(2)6-7-17(3)16/h4-5,8,11,15H,6-7H2,1-3H3. The van der Waals surface area contributed by atoms with Crippen molar-refractivity contribution in [2.24, 2.45) is 0 Å². The zero-order chi connectivity index (χ0) is 12.8. The fourth-order valence-corrected chi connectivity index (χ4v) is 2.24. The van der Waals surface area contributed by atoms with Crippen LogP contribution in [0.2, 0.25) is 0 Å². The summed E-state index contributed by atoms with van der Waals surface area (Å²) < 4.78 is 11.0. The third-order valence-electron chi connectivity index (χ3n) is 2.54. The van der Waals surface area contributed by atoms with Crippen LogP contribution in [0, 0.1) is 18.3 Å². The molecule has 0 aliphatic heterocycles. The molecule has 0 saturated carbocycles. The summed E-state index contributed by atoms with van der Waals surface area (Å²) in [5.41, 5.74) is 2.64. The Morgan fingerprint density at radius 3 is 2.82 bits per heavy atom. The van der Waals surface area contributed by atoms with Crippen LogP contribution in [0.1, 0.15) is 24.5 Å². The predicted octanol–water partition coefficient (Wildman–Crippen LogP) is 2.44. The molecule has 0 amide bonds. The Kier molecular flexibility index (Phi) is 5.17. The van der Waals surface area contributed by atoms with E-state index < -0.39 is 10.8 Å². The summed E-state index contributed by atoms with van der Waals surface area (Å²) in [5.74, 6) is 0.682. The fourth-order valence-electron chi connectivity index (χ4n) is 1.56. The van der Waals surface area contributed by atoms with E-state index in [1.165, 1.54) is 0 Å². The third-order valence-corrected chi connectivity index (χ3v) is 3.35. The molecule has 1 aromatic carbocycles. The van der Waals surface area contributed by atoms with E-state index in [-0.39, 0.29) is 6.04 Å². The normalized spacial score (nSPS) is 13.8. The maximum Gasteiger partial charge on any atom is 0.101 e. The first-order valence-electron chi connectivity index (χ1n) is 5.60. The molecule has 1 N–H and O–H groups in total. The number of nitrogens with one attached hydrogen (secondary N) is 1. The van der Waals surface area contributed by atoms with Gasteiger partial charge in [0.05, 0.1) is 11.3 Å². The average molecular weight is 250 g/mol. The molecule has 0 bridgehead atoms. The second-order valence-electron chi connectivity index (χ2n) is 4.27. The van der Waals surface area contributed by atoms with Crippen LogP contribution < -0.4 is 5.32 Å². The molecule has 0 saturated heterocycles. The van der Waals surface area contributed by atoms with E-state index in [0.29, 0.717) is 11.3 Å². The second-order valence-corrected chi connectivity index (χ2v) is 5.83. The largest absolute Gasteiger partial charge is 0.381 e. The number of rotatable bonds is 5. The van der Waals surface area contributed by atoms with Crippen LogP contribution in [-0.4, -0.2) is 22.3 Å². The third kappa shape index (κ3) is 4.58. The molecular formula is C13H18N2OS. The number of anilines is 1. The zero-order valence-electron chi connectivity index (χ0n) is 10.5. The van der Waals surface area contributed by atoms with Gasteiger partial charge in [-0.25, -0.2) is 0 Å². The number of hydrogen-bond acceptors (Lipinski definition) is 3. The first kappa shape index (κ1) is 13.7. The van der Waals surface area contributed by atoms with Gasteiger partial charge in [0.15, 0.2) is 0 Å². The summed E-state index contributed by atoms with van der Waals surface area (Å²) in [6, 6.07) is 8.10. The van der Waals surface area contributed by atoms with Gasteiger partial charge < -0.3 is 5.32 Å². The van der Waals surface area contributed by atoms with Crippen molar-refractivity contribution in [3.05, 3.63) is 29.3 Å². The first-order valence-corrected chi connectivity index (χ1v) is 7.33. The number of benzene rings is 1. The molecule has 2 atom stereocenters. The first-order chi connectivity index (χ1) is 8.02. The highest BCUT2D eigenvalue weighted by molar-refractivity contribution is 7.84. The SMILES string of the molecule is Cc1ccc(C#N)c(NC(C)CCS(C)=O)c1. The average Bonchev–Trinajstić information content (AvgIpc) is 2.27. The van der Waals surface area contributed by atoms with Crippen molar-refractivity contribution in [3.8, 4) is 6.07 Å². The van der Waals surface area contributed by atoms with Gasteiger partial charge in [0.25, 0.3) is 0 Å². The minimum absolute atomic E-state index is 0.216. The Bertz CT molecular complexity index is 451. The van der Waals surface area contributed by atoms with Crippen LogP contribution in [0.3, 0.4) is 0 Å². The van der Waals surface area contributed by atoms with E-state index in [4.69, 9.17) is 5.26 Å². The molecule has 0 aromatic heterocycles. The minimum atomic E-state index is -0.761. The molecule has 4 heteroatoms. The highest BCUT2D eigenvalue weighted by Gasteiger charge is 2.07. The number of hydrogen-bond donors (Lipinski definition) is 1. The molecule has 0 fully saturated rings. The summed E-state index contributed by atoms with van der Waals surface area (Å²) >= 11 is 0. The molecule has 1 rings (SSSR count). The Morgan fingerprint density at radius 1 is 1.53 bits per heavy atom. The Balaban J connectivity index is 2.70. The lowest BCUT2D eigenvalue weighted by molar-refractivity contribution is 0.678. The maximum absolute atomic E-state index is 11.0. The molecule has 0 radical (unpaired) electrons. The van der Waals surface area contributed by atoms with Crippen molar-refractivity contribution >= 4 is 16.5 Å². The molecule has 3 nitrogen and oxygen atoms in total. The molecule has 0 spiro atoms. The second kappa shape index (κ2) is 6.41. The van der Waals surface area contributed by atoms with Gasteiger partial charge in [-0.3, -0.25) is 4.21 Å². The van der Waals surface area contributed by atoms with E-state index in [0.717, 1.165) is 17.7 Å². The number of aryl methyl sites for hydroxylation is 1. The molecule has 17 heavy (non-hydrogen) atoms. The van der Waals surface area contributed by atoms with Crippen LogP contribution in [0.15, 0.2) is 18.2 Å². The quantitative estimate of drug-likeness (QED) is 0.873. The van der Waals surface area contributed by atoms with Crippen molar-refractivity contribution in [1.82, 2.24) is 0 Å². The highest BCUT2D eigenvalue weighted by Crippen LogP contribution is 2.18. The summed E-state index contributed by atoms with van der Waals surface area (Å²) in [6.45, 7) is 4.04. The number of nitriles is 1. The summed E-state index contributed by atoms with van der Waals surface area (Å²) in [7, 11) is -0.761. The molecule has 0 aliphatic rings. The van der Waals surface area contributed by atoms with E-state index in [2.05, 4.69) is 11.4 Å². The lowest BCUT2D eigenvalue weighted by Gasteiger charge is -2.16. The molecule has 0 aliphatic carbocycles. The van der Waals surface area contributed by atoms with Crippen LogP contribution in [0.5, 0.6) is 0 Å². The van der Waals surface area contributed by atoms with E-state index in [1.54, 1.807) is 6.26 Å². The van der Waals surface area contributed by atoms with Gasteiger partial charge in [-0.15, -0.1) is 0 Å². The van der Waals surface area contributed by atoms with Gasteiger partial charge in [-0.1, -0.05) is 6.07 Å². The zero-order valence-corrected chi connectivity index (χ0v) is 11.3. The topological polar surface area (TPSA) is 52.9 Å². The van der Waals surface area contributed by atoms with Crippen LogP contribution >= 0.6 is 0 Å². The molecule has 2 unspecified atom stereocenters. The summed E-state index contributed by atoms with van der Waals surface area (Å²) in [5, 5.41) is 12.3. The molecule has 1 aromatic rings. The van der Waals surface area contributed by atoms with Gasteiger partial charge in [0.2, 0.25) is 0 Å². The van der Waals surface area contributed by atoms with Gasteiger partial charge in [-0.2, -0.15) is 5.26 Å². The van der Waals surface area contributed by atoms with E-state index in [9.17, 15) is 4.21 Å². The molecule has 0 heterocycles. The minimum Gasteiger partial charge on any atom is -0.381 e. The van der Waals surface area contributed by atoms with E-state index >= 15 is 0 Å². The predicted molar refractivity (Wildman–Crippen MR) is 72.5 cm³/mol. The number of nitrogens with zero attached hydrogens (tertiary/aromatic N) is 1. The van der Waals surface area contributed by atoms with E-state index in [1.807, 2.05) is 32.0 Å². The van der Waals surface area contributed by atoms with Crippen LogP contribution in [-0.2, 0) is 10.8 Å². The fraction of sp³-hybridized carbons (Fsp3) is 0.462. The Hall–Kier alpha value is -1.34. The van der Waals surface area contributed by atoms with Crippen molar-refractivity contribution in [3.63, 3.8) is 0 Å². The van der Waals surface area contributed by atoms with Crippen molar-refractivity contribution < 1.29 is 4.21 Å². The monoisotopic (exact) mass is 250 g/mol. The molecular weight excluding hydrogens is 232 g/mol. The maximum atomic E-state index is 11.0. The van der Waals surface area contributed by atoms with Gasteiger partial charge >= 0.3 is 0 Å². The van der Waals surface area contributed by atoms with Crippen molar-refractivity contribution in [1.29, 1.82) is 5.26 Å². The molecule has 92 valence electrons. The van der Waals surface area contributed by atoms with Crippen LogP contribution in [0.25, 0.3) is 0 Å². The highest BCUT2D eigenvalue weighted by atomic mass is 32.2. The van der Waals surface area contributed by atoms with Gasteiger partial charge in [-0.05, 0) is 38.0 Å². The van der Waals surface area contributed by atoms with Gasteiger partial charge in [0.1, 0.15) is 6.07 Å². The smallest absolute Gasteiger partial charge is 0.101 e. The summed E-state index contributed by atoms with van der Waals surface area (Å²) in [4.78, 5) is 0. The van der Waals surface area contributed by atoms with Crippen LogP contribution in [0.4, 0.5) is 5.69 Å². The lowest BCUT2D eigenvalue weighted by atomic mass is 10.1. The van der Waals surface area contributed by atoms with Crippen molar-refractivity contribution in [2.45, 2.75) is 26.3 Å². The van der Waals surface area contributed by atoms with Crippen molar-refractivity contribution in [2.75, 3.05) is 17.3 Å². The summed E-state index contributed by atoms with van der Waals surface area (Å²) in [6.07, 6.45) is 2.54. The lowest BCUT2D eigenvalue weighted by Crippen LogP contribution is -2.18. The van der Waals surface area contributed by atoms with Gasteiger partial charge in [0, 0.05) is 28.9 Å². The Morgan fingerprint density at radius 2 is 2.24 bits per heavy atom.